The van der Waals surface area contributed by atoms with Gasteiger partial charge >= 0.3 is 0 Å². The zero-order valence-electron chi connectivity index (χ0n) is 11.4. The predicted molar refractivity (Wildman–Crippen MR) is 83.4 cm³/mol. The zero-order chi connectivity index (χ0) is 13.5. The number of rotatable bonds is 2. The summed E-state index contributed by atoms with van der Waals surface area (Å²) in [5.41, 5.74) is 2.33. The van der Waals surface area contributed by atoms with Crippen LogP contribution in [0.3, 0.4) is 0 Å². The maximum absolute atomic E-state index is 12.7. The molecule has 1 amide bonds. The fraction of sp³-hybridized carbons (Fsp3) is 0.533. The van der Waals surface area contributed by atoms with Crippen molar-refractivity contribution in [3.8, 4) is 0 Å². The molecule has 1 atom stereocenters. The molecule has 106 valence electrons. The van der Waals surface area contributed by atoms with Crippen molar-refractivity contribution in [2.24, 2.45) is 0 Å². The van der Waals surface area contributed by atoms with Gasteiger partial charge in [0.2, 0.25) is 5.91 Å². The number of amides is 1. The van der Waals surface area contributed by atoms with E-state index >= 15 is 0 Å². The molecular weight excluding hydrogens is 270 g/mol. The highest BCUT2D eigenvalue weighted by Crippen LogP contribution is 2.40. The van der Waals surface area contributed by atoms with Crippen LogP contribution in [0, 0.1) is 0 Å². The molecule has 2 aliphatic heterocycles. The SMILES string of the molecule is O=C(C1CSCN1)N1CCN(C2CC2)c2ccccc21. The first kappa shape index (κ1) is 12.5. The van der Waals surface area contributed by atoms with E-state index in [0.717, 1.165) is 30.4 Å². The van der Waals surface area contributed by atoms with Gasteiger partial charge < -0.3 is 9.80 Å². The minimum atomic E-state index is -0.0134. The highest BCUT2D eigenvalue weighted by Gasteiger charge is 2.37. The summed E-state index contributed by atoms with van der Waals surface area (Å²) in [5.74, 6) is 2.02. The fourth-order valence-electron chi connectivity index (χ4n) is 3.12. The second-order valence-corrected chi connectivity index (χ2v) is 6.71. The Balaban J connectivity index is 1.64. The quantitative estimate of drug-likeness (QED) is 0.898. The van der Waals surface area contributed by atoms with Crippen LogP contribution >= 0.6 is 11.8 Å². The number of nitrogens with one attached hydrogen (secondary N) is 1. The van der Waals surface area contributed by atoms with Gasteiger partial charge in [0.15, 0.2) is 0 Å². The van der Waals surface area contributed by atoms with Crippen molar-refractivity contribution in [3.05, 3.63) is 24.3 Å². The van der Waals surface area contributed by atoms with Crippen molar-refractivity contribution in [1.29, 1.82) is 0 Å². The molecular formula is C15H19N3OS. The summed E-state index contributed by atoms with van der Waals surface area (Å²) in [6.07, 6.45) is 2.59. The highest BCUT2D eigenvalue weighted by atomic mass is 32.2. The Morgan fingerprint density at radius 1 is 1.20 bits per heavy atom. The van der Waals surface area contributed by atoms with E-state index < -0.39 is 0 Å². The van der Waals surface area contributed by atoms with Crippen LogP contribution in [0.25, 0.3) is 0 Å². The molecule has 1 aromatic rings. The predicted octanol–water partition coefficient (Wildman–Crippen LogP) is 1.66. The number of benzene rings is 1. The smallest absolute Gasteiger partial charge is 0.245 e. The summed E-state index contributed by atoms with van der Waals surface area (Å²) in [6, 6.07) is 9.04. The minimum absolute atomic E-state index is 0.0134. The summed E-state index contributed by atoms with van der Waals surface area (Å²) >= 11 is 1.80. The molecule has 4 nitrogen and oxygen atoms in total. The number of hydrogen-bond acceptors (Lipinski definition) is 4. The Hall–Kier alpha value is -1.20. The molecule has 0 spiro atoms. The topological polar surface area (TPSA) is 35.6 Å². The first-order valence-corrected chi connectivity index (χ1v) is 8.48. The molecule has 1 aliphatic carbocycles. The number of fused-ring (bicyclic) bond motifs is 1. The maximum Gasteiger partial charge on any atom is 0.245 e. The van der Waals surface area contributed by atoms with E-state index in [0.29, 0.717) is 6.04 Å². The normalized spacial score (nSPS) is 25.7. The Bertz CT molecular complexity index is 526. The lowest BCUT2D eigenvalue weighted by molar-refractivity contribution is -0.119. The van der Waals surface area contributed by atoms with Gasteiger partial charge in [-0.25, -0.2) is 0 Å². The van der Waals surface area contributed by atoms with Gasteiger partial charge in [-0.3, -0.25) is 10.1 Å². The zero-order valence-corrected chi connectivity index (χ0v) is 12.2. The Kier molecular flexibility index (Phi) is 3.11. The second-order valence-electron chi connectivity index (χ2n) is 5.67. The molecule has 1 saturated heterocycles. The van der Waals surface area contributed by atoms with Gasteiger partial charge in [-0.15, -0.1) is 11.8 Å². The summed E-state index contributed by atoms with van der Waals surface area (Å²) in [6.45, 7) is 1.78. The van der Waals surface area contributed by atoms with Gasteiger partial charge in [0, 0.05) is 30.8 Å². The number of nitrogens with zero attached hydrogens (tertiary/aromatic N) is 2. The van der Waals surface area contributed by atoms with Gasteiger partial charge in [-0.2, -0.15) is 0 Å². The molecule has 1 saturated carbocycles. The van der Waals surface area contributed by atoms with Crippen molar-refractivity contribution in [3.63, 3.8) is 0 Å². The van der Waals surface area contributed by atoms with Crippen LogP contribution in [0.5, 0.6) is 0 Å². The summed E-state index contributed by atoms with van der Waals surface area (Å²) in [5, 5.41) is 3.29. The van der Waals surface area contributed by atoms with Crippen LogP contribution in [-0.2, 0) is 4.79 Å². The first-order chi connectivity index (χ1) is 9.84. The molecule has 0 radical (unpaired) electrons. The van der Waals surface area contributed by atoms with Gasteiger partial charge in [-0.05, 0) is 25.0 Å². The van der Waals surface area contributed by atoms with Crippen molar-refractivity contribution < 1.29 is 4.79 Å². The van der Waals surface area contributed by atoms with Crippen LogP contribution in [0.2, 0.25) is 0 Å². The lowest BCUT2D eigenvalue weighted by Gasteiger charge is -2.38. The molecule has 3 aliphatic rings. The van der Waals surface area contributed by atoms with Gasteiger partial charge in [0.25, 0.3) is 0 Å². The summed E-state index contributed by atoms with van der Waals surface area (Å²) in [7, 11) is 0. The third-order valence-electron chi connectivity index (χ3n) is 4.31. The monoisotopic (exact) mass is 289 g/mol. The molecule has 20 heavy (non-hydrogen) atoms. The molecule has 2 heterocycles. The number of hydrogen-bond donors (Lipinski definition) is 1. The fourth-order valence-corrected chi connectivity index (χ4v) is 4.05. The van der Waals surface area contributed by atoms with Crippen LogP contribution in [0.15, 0.2) is 24.3 Å². The van der Waals surface area contributed by atoms with Crippen molar-refractivity contribution in [2.75, 3.05) is 34.5 Å². The van der Waals surface area contributed by atoms with Crippen LogP contribution in [-0.4, -0.2) is 42.7 Å². The lowest BCUT2D eigenvalue weighted by Crippen LogP contribution is -2.51. The first-order valence-electron chi connectivity index (χ1n) is 7.33. The van der Waals surface area contributed by atoms with Crippen LogP contribution in [0.1, 0.15) is 12.8 Å². The van der Waals surface area contributed by atoms with E-state index in [1.54, 1.807) is 11.8 Å². The highest BCUT2D eigenvalue weighted by molar-refractivity contribution is 7.99. The molecule has 5 heteroatoms. The molecule has 4 rings (SSSR count). The van der Waals surface area contributed by atoms with Crippen molar-refractivity contribution >= 4 is 29.0 Å². The molecule has 0 bridgehead atoms. The Labute approximate surface area is 123 Å². The van der Waals surface area contributed by atoms with E-state index in [1.165, 1.54) is 18.5 Å². The molecule has 1 N–H and O–H groups in total. The van der Waals surface area contributed by atoms with E-state index in [4.69, 9.17) is 0 Å². The largest absolute Gasteiger partial charge is 0.365 e. The summed E-state index contributed by atoms with van der Waals surface area (Å²) in [4.78, 5) is 17.2. The average molecular weight is 289 g/mol. The van der Waals surface area contributed by atoms with Gasteiger partial charge in [-0.1, -0.05) is 12.1 Å². The van der Waals surface area contributed by atoms with E-state index in [-0.39, 0.29) is 11.9 Å². The number of para-hydroxylation sites is 2. The van der Waals surface area contributed by atoms with Crippen LogP contribution < -0.4 is 15.1 Å². The lowest BCUT2D eigenvalue weighted by atomic mass is 10.1. The van der Waals surface area contributed by atoms with Crippen molar-refractivity contribution in [1.82, 2.24) is 5.32 Å². The van der Waals surface area contributed by atoms with Crippen molar-refractivity contribution in [2.45, 2.75) is 24.9 Å². The van der Waals surface area contributed by atoms with E-state index in [2.05, 4.69) is 28.4 Å². The number of thioether (sulfide) groups is 1. The third-order valence-corrected chi connectivity index (χ3v) is 5.25. The molecule has 2 fully saturated rings. The number of anilines is 2. The molecule has 1 aromatic carbocycles. The van der Waals surface area contributed by atoms with Gasteiger partial charge in [0.05, 0.1) is 17.4 Å². The Morgan fingerprint density at radius 3 is 2.70 bits per heavy atom. The minimum Gasteiger partial charge on any atom is -0.365 e. The molecule has 1 unspecified atom stereocenters. The van der Waals surface area contributed by atoms with Crippen LogP contribution in [0.4, 0.5) is 11.4 Å². The second kappa shape index (κ2) is 4.97. The van der Waals surface area contributed by atoms with Gasteiger partial charge in [0.1, 0.15) is 0 Å². The third kappa shape index (κ3) is 2.09. The average Bonchev–Trinajstić information content (AvgIpc) is 3.19. The summed E-state index contributed by atoms with van der Waals surface area (Å²) < 4.78 is 0. The van der Waals surface area contributed by atoms with E-state index in [9.17, 15) is 4.79 Å². The van der Waals surface area contributed by atoms with E-state index in [1.807, 2.05) is 11.0 Å². The Morgan fingerprint density at radius 2 is 2.00 bits per heavy atom. The number of carbonyl (C=O) groups excluding carboxylic acids is 1. The number of carbonyl (C=O) groups is 1. The standard InChI is InChI=1S/C15H19N3OS/c19-15(12-9-20-10-16-12)18-8-7-17(11-5-6-11)13-3-1-2-4-14(13)18/h1-4,11-12,16H,5-10H2. The maximum atomic E-state index is 12.7. The molecule has 0 aromatic heterocycles.